The minimum absolute atomic E-state index is 0.0538. The second-order valence-corrected chi connectivity index (χ2v) is 4.97. The van der Waals surface area contributed by atoms with Crippen molar-refractivity contribution < 1.29 is 9.18 Å². The SMILES string of the molecule is O=C(NCc1ccccc1F)C1CCc2n[nH]nc2C1. The van der Waals surface area contributed by atoms with Crippen LogP contribution in [0.4, 0.5) is 4.39 Å². The lowest BCUT2D eigenvalue weighted by Crippen LogP contribution is -2.34. The van der Waals surface area contributed by atoms with Gasteiger partial charge in [0, 0.05) is 24.4 Å². The summed E-state index contributed by atoms with van der Waals surface area (Å²) in [6.07, 6.45) is 2.10. The quantitative estimate of drug-likeness (QED) is 0.888. The Morgan fingerprint density at radius 1 is 1.35 bits per heavy atom. The van der Waals surface area contributed by atoms with Crippen LogP contribution >= 0.6 is 0 Å². The summed E-state index contributed by atoms with van der Waals surface area (Å²) in [6, 6.07) is 6.46. The second-order valence-electron chi connectivity index (χ2n) is 4.97. The predicted octanol–water partition coefficient (Wildman–Crippen LogP) is 1.37. The Bertz CT molecular complexity index is 625. The zero-order valence-electron chi connectivity index (χ0n) is 10.9. The maximum Gasteiger partial charge on any atom is 0.223 e. The Balaban J connectivity index is 1.59. The van der Waals surface area contributed by atoms with E-state index < -0.39 is 0 Å². The number of aromatic amines is 1. The van der Waals surface area contributed by atoms with E-state index in [4.69, 9.17) is 0 Å². The van der Waals surface area contributed by atoms with Gasteiger partial charge in [0.1, 0.15) is 5.82 Å². The van der Waals surface area contributed by atoms with Crippen LogP contribution in [0.1, 0.15) is 23.4 Å². The lowest BCUT2D eigenvalue weighted by molar-refractivity contribution is -0.125. The molecule has 0 saturated carbocycles. The molecule has 5 nitrogen and oxygen atoms in total. The topological polar surface area (TPSA) is 70.7 Å². The fraction of sp³-hybridized carbons (Fsp3) is 0.357. The molecule has 104 valence electrons. The van der Waals surface area contributed by atoms with E-state index in [-0.39, 0.29) is 24.2 Å². The molecule has 1 aliphatic rings. The number of carbonyl (C=O) groups is 1. The molecule has 0 radical (unpaired) electrons. The minimum Gasteiger partial charge on any atom is -0.352 e. The molecular formula is C14H15FN4O. The summed E-state index contributed by atoms with van der Waals surface area (Å²) in [4.78, 5) is 12.1. The van der Waals surface area contributed by atoms with Crippen molar-refractivity contribution in [2.75, 3.05) is 0 Å². The fourth-order valence-electron chi connectivity index (χ4n) is 2.48. The van der Waals surface area contributed by atoms with Crippen molar-refractivity contribution in [1.29, 1.82) is 0 Å². The molecule has 1 amide bonds. The highest BCUT2D eigenvalue weighted by molar-refractivity contribution is 5.79. The van der Waals surface area contributed by atoms with Gasteiger partial charge in [-0.3, -0.25) is 4.79 Å². The van der Waals surface area contributed by atoms with Gasteiger partial charge in [-0.05, 0) is 18.9 Å². The first-order valence-electron chi connectivity index (χ1n) is 6.63. The number of nitrogens with zero attached hydrogens (tertiary/aromatic N) is 2. The highest BCUT2D eigenvalue weighted by Gasteiger charge is 2.27. The monoisotopic (exact) mass is 274 g/mol. The molecule has 0 bridgehead atoms. The predicted molar refractivity (Wildman–Crippen MR) is 70.1 cm³/mol. The number of carbonyl (C=O) groups excluding carboxylic acids is 1. The summed E-state index contributed by atoms with van der Waals surface area (Å²) < 4.78 is 13.5. The maximum absolute atomic E-state index is 13.5. The van der Waals surface area contributed by atoms with Crippen molar-refractivity contribution in [2.24, 2.45) is 5.92 Å². The normalized spacial score (nSPS) is 17.6. The van der Waals surface area contributed by atoms with Crippen molar-refractivity contribution in [3.05, 3.63) is 47.0 Å². The van der Waals surface area contributed by atoms with E-state index in [1.807, 2.05) is 0 Å². The van der Waals surface area contributed by atoms with E-state index >= 15 is 0 Å². The number of nitrogens with one attached hydrogen (secondary N) is 2. The van der Waals surface area contributed by atoms with Crippen molar-refractivity contribution in [3.63, 3.8) is 0 Å². The average molecular weight is 274 g/mol. The molecule has 1 aromatic heterocycles. The minimum atomic E-state index is -0.296. The van der Waals surface area contributed by atoms with Gasteiger partial charge >= 0.3 is 0 Å². The number of halogens is 1. The van der Waals surface area contributed by atoms with Crippen molar-refractivity contribution in [1.82, 2.24) is 20.7 Å². The molecule has 0 spiro atoms. The molecule has 0 aliphatic heterocycles. The van der Waals surface area contributed by atoms with Gasteiger partial charge in [-0.15, -0.1) is 0 Å². The first-order valence-corrected chi connectivity index (χ1v) is 6.63. The largest absolute Gasteiger partial charge is 0.352 e. The van der Waals surface area contributed by atoms with Gasteiger partial charge in [-0.2, -0.15) is 15.4 Å². The Morgan fingerprint density at radius 3 is 3.00 bits per heavy atom. The summed E-state index contributed by atoms with van der Waals surface area (Å²) in [6.45, 7) is 0.216. The van der Waals surface area contributed by atoms with Gasteiger partial charge in [0.15, 0.2) is 0 Å². The van der Waals surface area contributed by atoms with Gasteiger partial charge < -0.3 is 5.32 Å². The molecule has 2 aromatic rings. The van der Waals surface area contributed by atoms with Gasteiger partial charge in [0.2, 0.25) is 5.91 Å². The number of hydrogen-bond acceptors (Lipinski definition) is 3. The summed E-state index contributed by atoms with van der Waals surface area (Å²) in [5, 5.41) is 13.5. The standard InChI is InChI=1S/C14H15FN4O/c15-11-4-2-1-3-10(11)8-16-14(20)9-5-6-12-13(7-9)18-19-17-12/h1-4,9H,5-8H2,(H,16,20)(H,17,18,19). The van der Waals surface area contributed by atoms with Crippen molar-refractivity contribution in [3.8, 4) is 0 Å². The molecule has 0 saturated heterocycles. The average Bonchev–Trinajstić information content (AvgIpc) is 2.93. The summed E-state index contributed by atoms with van der Waals surface area (Å²) in [5.74, 6) is -0.462. The Morgan fingerprint density at radius 2 is 2.15 bits per heavy atom. The van der Waals surface area contributed by atoms with Crippen LogP contribution < -0.4 is 5.32 Å². The summed E-state index contributed by atoms with van der Waals surface area (Å²) in [5.41, 5.74) is 2.31. The summed E-state index contributed by atoms with van der Waals surface area (Å²) >= 11 is 0. The highest BCUT2D eigenvalue weighted by atomic mass is 19.1. The number of hydrogen-bond donors (Lipinski definition) is 2. The maximum atomic E-state index is 13.5. The molecule has 1 aromatic carbocycles. The lowest BCUT2D eigenvalue weighted by Gasteiger charge is -2.19. The third-order valence-electron chi connectivity index (χ3n) is 3.65. The van der Waals surface area contributed by atoms with Crippen LogP contribution in [0, 0.1) is 11.7 Å². The van der Waals surface area contributed by atoms with Gasteiger partial charge in [0.05, 0.1) is 11.4 Å². The van der Waals surface area contributed by atoms with Crippen LogP contribution in [0.25, 0.3) is 0 Å². The molecule has 1 unspecified atom stereocenters. The highest BCUT2D eigenvalue weighted by Crippen LogP contribution is 2.22. The molecule has 20 heavy (non-hydrogen) atoms. The Kier molecular flexibility index (Phi) is 3.45. The van der Waals surface area contributed by atoms with E-state index in [2.05, 4.69) is 20.7 Å². The number of fused-ring (bicyclic) bond motifs is 1. The van der Waals surface area contributed by atoms with Crippen LogP contribution in [0.3, 0.4) is 0 Å². The molecule has 3 rings (SSSR count). The van der Waals surface area contributed by atoms with Crippen LogP contribution in [0.15, 0.2) is 24.3 Å². The van der Waals surface area contributed by atoms with Crippen LogP contribution in [-0.2, 0) is 24.2 Å². The first kappa shape index (κ1) is 12.8. The van der Waals surface area contributed by atoms with Gasteiger partial charge in [-0.1, -0.05) is 18.2 Å². The molecule has 1 heterocycles. The number of aryl methyl sites for hydroxylation is 1. The second kappa shape index (κ2) is 5.40. The van der Waals surface area contributed by atoms with Crippen LogP contribution in [-0.4, -0.2) is 21.3 Å². The van der Waals surface area contributed by atoms with Crippen molar-refractivity contribution >= 4 is 5.91 Å². The Labute approximate surface area is 115 Å². The molecular weight excluding hydrogens is 259 g/mol. The van der Waals surface area contributed by atoms with E-state index in [1.165, 1.54) is 6.07 Å². The summed E-state index contributed by atoms with van der Waals surface area (Å²) in [7, 11) is 0. The lowest BCUT2D eigenvalue weighted by atomic mass is 9.89. The fourth-order valence-corrected chi connectivity index (χ4v) is 2.48. The number of amides is 1. The third-order valence-corrected chi connectivity index (χ3v) is 3.65. The zero-order chi connectivity index (χ0) is 13.9. The van der Waals surface area contributed by atoms with E-state index in [1.54, 1.807) is 18.2 Å². The Hall–Kier alpha value is -2.24. The molecule has 1 atom stereocenters. The van der Waals surface area contributed by atoms with Crippen molar-refractivity contribution in [2.45, 2.75) is 25.8 Å². The van der Waals surface area contributed by atoms with Crippen LogP contribution in [0.5, 0.6) is 0 Å². The molecule has 1 aliphatic carbocycles. The van der Waals surface area contributed by atoms with E-state index in [0.29, 0.717) is 12.0 Å². The number of H-pyrrole nitrogens is 1. The third kappa shape index (κ3) is 2.54. The number of aromatic nitrogens is 3. The smallest absolute Gasteiger partial charge is 0.223 e. The number of benzene rings is 1. The van der Waals surface area contributed by atoms with Gasteiger partial charge in [-0.25, -0.2) is 4.39 Å². The number of rotatable bonds is 3. The molecule has 6 heteroatoms. The zero-order valence-corrected chi connectivity index (χ0v) is 10.9. The first-order chi connectivity index (χ1) is 9.74. The van der Waals surface area contributed by atoms with E-state index in [0.717, 1.165) is 24.2 Å². The van der Waals surface area contributed by atoms with E-state index in [9.17, 15) is 9.18 Å². The molecule has 0 fully saturated rings. The van der Waals surface area contributed by atoms with Crippen LogP contribution in [0.2, 0.25) is 0 Å². The van der Waals surface area contributed by atoms with Gasteiger partial charge in [0.25, 0.3) is 0 Å². The molecule has 2 N–H and O–H groups in total.